The van der Waals surface area contributed by atoms with Gasteiger partial charge in [0.15, 0.2) is 5.96 Å². The van der Waals surface area contributed by atoms with Gasteiger partial charge in [0.25, 0.3) is 0 Å². The lowest BCUT2D eigenvalue weighted by atomic mass is 10.2. The van der Waals surface area contributed by atoms with Crippen molar-refractivity contribution in [2.24, 2.45) is 4.99 Å². The zero-order valence-corrected chi connectivity index (χ0v) is 19.7. The van der Waals surface area contributed by atoms with Gasteiger partial charge in [-0.3, -0.25) is 0 Å². The first-order chi connectivity index (χ1) is 12.2. The van der Waals surface area contributed by atoms with Crippen LogP contribution in [0.15, 0.2) is 35.3 Å². The first kappa shape index (κ1) is 23.2. The van der Waals surface area contributed by atoms with Gasteiger partial charge in [0.1, 0.15) is 5.01 Å². The fourth-order valence-electron chi connectivity index (χ4n) is 2.35. The van der Waals surface area contributed by atoms with Crippen LogP contribution in [0, 0.1) is 6.92 Å². The van der Waals surface area contributed by atoms with Gasteiger partial charge in [-0.05, 0) is 38.7 Å². The van der Waals surface area contributed by atoms with E-state index in [2.05, 4.69) is 42.9 Å². The molecule has 0 bridgehead atoms. The number of thioether (sulfide) groups is 1. The molecule has 0 unspecified atom stereocenters. The number of aromatic nitrogens is 1. The summed E-state index contributed by atoms with van der Waals surface area (Å²) in [5, 5.41) is 7.81. The molecule has 0 radical (unpaired) electrons. The highest BCUT2D eigenvalue weighted by molar-refractivity contribution is 14.0. The number of aliphatic imine (C=N–C) groups is 1. The normalized spacial score (nSPS) is 11.1. The van der Waals surface area contributed by atoms with Gasteiger partial charge in [-0.2, -0.15) is 11.8 Å². The highest BCUT2D eigenvalue weighted by Gasteiger charge is 2.09. The van der Waals surface area contributed by atoms with Crippen molar-refractivity contribution in [2.45, 2.75) is 33.2 Å². The summed E-state index contributed by atoms with van der Waals surface area (Å²) in [6, 6.07) is 10.3. The van der Waals surface area contributed by atoms with Crippen molar-refractivity contribution in [2.75, 3.05) is 25.1 Å². The van der Waals surface area contributed by atoms with Gasteiger partial charge in [-0.25, -0.2) is 9.98 Å². The molecule has 0 amide bonds. The molecule has 2 rings (SSSR count). The summed E-state index contributed by atoms with van der Waals surface area (Å²) in [5.74, 6) is 2.11. The van der Waals surface area contributed by atoms with Crippen molar-refractivity contribution < 1.29 is 0 Å². The lowest BCUT2D eigenvalue weighted by Gasteiger charge is -2.10. The average molecular weight is 505 g/mol. The summed E-state index contributed by atoms with van der Waals surface area (Å²) in [4.78, 5) is 10.7. The molecule has 0 fully saturated rings. The Morgan fingerprint density at radius 2 is 1.96 bits per heavy atom. The molecular weight excluding hydrogens is 475 g/mol. The quantitative estimate of drug-likeness (QED) is 0.220. The molecule has 144 valence electrons. The molecule has 1 heterocycles. The number of unbranched alkanes of at least 4 members (excludes halogenated alkanes) is 1. The minimum absolute atomic E-state index is 0. The fraction of sp³-hybridized carbons (Fsp3) is 0.474. The zero-order valence-electron chi connectivity index (χ0n) is 15.7. The molecule has 26 heavy (non-hydrogen) atoms. The van der Waals surface area contributed by atoms with Crippen molar-refractivity contribution in [1.29, 1.82) is 0 Å². The number of nitrogens with one attached hydrogen (secondary N) is 2. The van der Waals surface area contributed by atoms with Crippen molar-refractivity contribution in [3.05, 3.63) is 40.9 Å². The summed E-state index contributed by atoms with van der Waals surface area (Å²) in [5.41, 5.74) is 2.24. The van der Waals surface area contributed by atoms with E-state index in [1.165, 1.54) is 29.0 Å². The van der Waals surface area contributed by atoms with Gasteiger partial charge in [0.2, 0.25) is 0 Å². The monoisotopic (exact) mass is 504 g/mol. The third-order valence-corrected chi connectivity index (χ3v) is 5.59. The van der Waals surface area contributed by atoms with Crippen molar-refractivity contribution in [3.63, 3.8) is 0 Å². The molecule has 2 N–H and O–H groups in total. The predicted octanol–water partition coefficient (Wildman–Crippen LogP) is 4.93. The van der Waals surface area contributed by atoms with E-state index in [1.54, 1.807) is 11.3 Å². The van der Waals surface area contributed by atoms with Crippen LogP contribution in [0.4, 0.5) is 0 Å². The molecule has 0 atom stereocenters. The van der Waals surface area contributed by atoms with Gasteiger partial charge < -0.3 is 10.6 Å². The summed E-state index contributed by atoms with van der Waals surface area (Å²) < 4.78 is 0. The maximum atomic E-state index is 4.73. The second kappa shape index (κ2) is 13.4. The second-order valence-electron chi connectivity index (χ2n) is 5.72. The number of halogens is 1. The molecular formula is C19H29IN4S2. The van der Waals surface area contributed by atoms with Crippen molar-refractivity contribution >= 4 is 53.0 Å². The summed E-state index contributed by atoms with van der Waals surface area (Å²) in [7, 11) is 0. The van der Waals surface area contributed by atoms with Gasteiger partial charge in [-0.15, -0.1) is 35.3 Å². The predicted molar refractivity (Wildman–Crippen MR) is 128 cm³/mol. The topological polar surface area (TPSA) is 49.3 Å². The number of hydrogen-bond donors (Lipinski definition) is 2. The maximum Gasteiger partial charge on any atom is 0.191 e. The van der Waals surface area contributed by atoms with Crippen LogP contribution in [0.3, 0.4) is 0 Å². The molecule has 1 aromatic carbocycles. The standard InChI is InChI=1S/C19H28N4S2.HI/c1-4-20-19(21-12-8-9-13-24-3)22-14-17-15(2)23-18(25-17)16-10-6-5-7-11-16;/h5-7,10-11H,4,8-9,12-14H2,1-3H3,(H2,20,21,22);1H. The first-order valence-electron chi connectivity index (χ1n) is 8.77. The molecule has 0 saturated heterocycles. The Hall–Kier alpha value is -0.800. The molecule has 4 nitrogen and oxygen atoms in total. The van der Waals surface area contributed by atoms with Gasteiger partial charge in [0, 0.05) is 23.5 Å². The van der Waals surface area contributed by atoms with E-state index in [1.807, 2.05) is 30.0 Å². The highest BCUT2D eigenvalue weighted by Crippen LogP contribution is 2.28. The largest absolute Gasteiger partial charge is 0.357 e. The van der Waals surface area contributed by atoms with Crippen LogP contribution in [0.1, 0.15) is 30.3 Å². The van der Waals surface area contributed by atoms with E-state index in [0.29, 0.717) is 6.54 Å². The summed E-state index contributed by atoms with van der Waals surface area (Å²) in [6.45, 7) is 6.65. The third kappa shape index (κ3) is 7.84. The molecule has 0 saturated carbocycles. The number of aryl methyl sites for hydroxylation is 1. The SMILES string of the molecule is CCNC(=NCc1sc(-c2ccccc2)nc1C)NCCCCSC.I. The van der Waals surface area contributed by atoms with Crippen LogP contribution in [0.25, 0.3) is 10.6 Å². The van der Waals surface area contributed by atoms with Crippen LogP contribution in [0.2, 0.25) is 0 Å². The van der Waals surface area contributed by atoms with E-state index in [-0.39, 0.29) is 24.0 Å². The van der Waals surface area contributed by atoms with Gasteiger partial charge in [-0.1, -0.05) is 30.3 Å². The lowest BCUT2D eigenvalue weighted by molar-refractivity contribution is 0.734. The zero-order chi connectivity index (χ0) is 17.9. The summed E-state index contributed by atoms with van der Waals surface area (Å²) in [6.07, 6.45) is 4.56. The van der Waals surface area contributed by atoms with Crippen LogP contribution in [-0.4, -0.2) is 36.0 Å². The Morgan fingerprint density at radius 1 is 1.19 bits per heavy atom. The third-order valence-electron chi connectivity index (χ3n) is 3.71. The Labute approximate surface area is 182 Å². The number of thiazole rings is 1. The minimum Gasteiger partial charge on any atom is -0.357 e. The molecule has 2 aromatic rings. The highest BCUT2D eigenvalue weighted by atomic mass is 127. The van der Waals surface area contributed by atoms with Crippen LogP contribution >= 0.6 is 47.1 Å². The average Bonchev–Trinajstić information content (AvgIpc) is 3.01. The Bertz CT molecular complexity index is 659. The van der Waals surface area contributed by atoms with E-state index in [0.717, 1.165) is 29.8 Å². The molecule has 0 aliphatic rings. The Kier molecular flexibility index (Phi) is 12.0. The second-order valence-corrected chi connectivity index (χ2v) is 7.78. The first-order valence-corrected chi connectivity index (χ1v) is 11.0. The summed E-state index contributed by atoms with van der Waals surface area (Å²) >= 11 is 3.63. The molecule has 1 aromatic heterocycles. The van der Waals surface area contributed by atoms with Crippen LogP contribution < -0.4 is 10.6 Å². The van der Waals surface area contributed by atoms with E-state index in [9.17, 15) is 0 Å². The molecule has 7 heteroatoms. The van der Waals surface area contributed by atoms with Gasteiger partial charge in [0.05, 0.1) is 12.2 Å². The van der Waals surface area contributed by atoms with Crippen LogP contribution in [0.5, 0.6) is 0 Å². The smallest absolute Gasteiger partial charge is 0.191 e. The maximum absolute atomic E-state index is 4.73. The number of rotatable bonds is 9. The number of guanidine groups is 1. The molecule has 0 aliphatic heterocycles. The van der Waals surface area contributed by atoms with Gasteiger partial charge >= 0.3 is 0 Å². The number of nitrogens with zero attached hydrogens (tertiary/aromatic N) is 2. The Balaban J connectivity index is 0.00000338. The van der Waals surface area contributed by atoms with E-state index < -0.39 is 0 Å². The van der Waals surface area contributed by atoms with Crippen LogP contribution in [-0.2, 0) is 6.54 Å². The van der Waals surface area contributed by atoms with E-state index >= 15 is 0 Å². The molecule has 0 spiro atoms. The number of benzene rings is 1. The Morgan fingerprint density at radius 3 is 2.65 bits per heavy atom. The van der Waals surface area contributed by atoms with Crippen molar-refractivity contribution in [3.8, 4) is 10.6 Å². The van der Waals surface area contributed by atoms with E-state index in [4.69, 9.17) is 9.98 Å². The minimum atomic E-state index is 0. The molecule has 0 aliphatic carbocycles. The lowest BCUT2D eigenvalue weighted by Crippen LogP contribution is -2.37. The number of hydrogen-bond acceptors (Lipinski definition) is 4. The fourth-order valence-corrected chi connectivity index (χ4v) is 3.83. The van der Waals surface area contributed by atoms with Crippen molar-refractivity contribution in [1.82, 2.24) is 15.6 Å².